The van der Waals surface area contributed by atoms with Crippen molar-refractivity contribution in [3.05, 3.63) is 58.7 Å². The number of carbonyl (C=O) groups is 2. The molecule has 1 N–H and O–H groups in total. The number of benzene rings is 1. The first-order valence-corrected chi connectivity index (χ1v) is 9.87. The summed E-state index contributed by atoms with van der Waals surface area (Å²) in [6.07, 6.45) is 3.99. The lowest BCUT2D eigenvalue weighted by Crippen LogP contribution is -2.33. The SMILES string of the molecule is CC(=O)N1c2ccc(-c3nc(NC(=O)c4cccnc4)sc3C)cc2C[C@@H]1C. The normalized spacial score (nSPS) is 15.4. The van der Waals surface area contributed by atoms with E-state index in [2.05, 4.69) is 28.3 Å². The van der Waals surface area contributed by atoms with Crippen LogP contribution in [0.3, 0.4) is 0 Å². The van der Waals surface area contributed by atoms with Crippen LogP contribution in [0, 0.1) is 6.92 Å². The zero-order chi connectivity index (χ0) is 19.8. The van der Waals surface area contributed by atoms with Gasteiger partial charge in [-0.05, 0) is 50.1 Å². The van der Waals surface area contributed by atoms with E-state index in [1.165, 1.54) is 17.5 Å². The Kier molecular flexibility index (Phi) is 4.68. The van der Waals surface area contributed by atoms with Gasteiger partial charge in [-0.15, -0.1) is 11.3 Å². The second-order valence-electron chi connectivity index (χ2n) is 6.91. The standard InChI is InChI=1S/C21H20N4O2S/c1-12-9-17-10-15(6-7-18(17)25(12)14(3)26)19-13(2)28-21(23-19)24-20(27)16-5-4-8-22-11-16/h4-8,10-12H,9H2,1-3H3,(H,23,24,27)/t12-/m0/s1. The summed E-state index contributed by atoms with van der Waals surface area (Å²) < 4.78 is 0. The minimum absolute atomic E-state index is 0.0595. The van der Waals surface area contributed by atoms with Crippen LogP contribution in [-0.4, -0.2) is 27.8 Å². The van der Waals surface area contributed by atoms with Gasteiger partial charge in [-0.2, -0.15) is 0 Å². The van der Waals surface area contributed by atoms with Crippen molar-refractivity contribution in [2.75, 3.05) is 10.2 Å². The number of carbonyl (C=O) groups excluding carboxylic acids is 2. The molecule has 4 rings (SSSR count). The van der Waals surface area contributed by atoms with Crippen molar-refractivity contribution in [1.82, 2.24) is 9.97 Å². The molecular formula is C21H20N4O2S. The molecule has 0 unspecified atom stereocenters. The van der Waals surface area contributed by atoms with Gasteiger partial charge in [-0.1, -0.05) is 6.07 Å². The minimum Gasteiger partial charge on any atom is -0.309 e. The monoisotopic (exact) mass is 392 g/mol. The van der Waals surface area contributed by atoms with E-state index in [4.69, 9.17) is 0 Å². The highest BCUT2D eigenvalue weighted by molar-refractivity contribution is 7.16. The van der Waals surface area contributed by atoms with Crippen molar-refractivity contribution in [3.8, 4) is 11.3 Å². The molecule has 1 atom stereocenters. The maximum Gasteiger partial charge on any atom is 0.259 e. The molecule has 7 heteroatoms. The van der Waals surface area contributed by atoms with Gasteiger partial charge in [0, 0.05) is 41.5 Å². The van der Waals surface area contributed by atoms with Crippen LogP contribution in [0.25, 0.3) is 11.3 Å². The summed E-state index contributed by atoms with van der Waals surface area (Å²) in [6, 6.07) is 9.68. The number of thiazole rings is 1. The molecule has 2 aromatic heterocycles. The van der Waals surface area contributed by atoms with Gasteiger partial charge in [-0.3, -0.25) is 19.9 Å². The number of fused-ring (bicyclic) bond motifs is 1. The lowest BCUT2D eigenvalue weighted by atomic mass is 10.0. The predicted molar refractivity (Wildman–Crippen MR) is 111 cm³/mol. The van der Waals surface area contributed by atoms with Crippen LogP contribution in [0.4, 0.5) is 10.8 Å². The molecule has 3 aromatic rings. The Hall–Kier alpha value is -3.06. The Morgan fingerprint density at radius 2 is 2.11 bits per heavy atom. The van der Waals surface area contributed by atoms with Crippen molar-refractivity contribution in [2.45, 2.75) is 33.2 Å². The highest BCUT2D eigenvalue weighted by Crippen LogP contribution is 2.37. The van der Waals surface area contributed by atoms with E-state index in [1.54, 1.807) is 25.3 Å². The van der Waals surface area contributed by atoms with Gasteiger partial charge in [0.1, 0.15) is 0 Å². The first-order valence-electron chi connectivity index (χ1n) is 9.06. The van der Waals surface area contributed by atoms with E-state index in [0.717, 1.165) is 33.8 Å². The number of nitrogens with zero attached hydrogens (tertiary/aromatic N) is 3. The molecule has 28 heavy (non-hydrogen) atoms. The highest BCUT2D eigenvalue weighted by Gasteiger charge is 2.29. The van der Waals surface area contributed by atoms with Crippen LogP contribution >= 0.6 is 11.3 Å². The quantitative estimate of drug-likeness (QED) is 0.729. The molecule has 2 amide bonds. The summed E-state index contributed by atoms with van der Waals surface area (Å²) in [6.45, 7) is 5.65. The molecule has 1 aliphatic heterocycles. The maximum atomic E-state index is 12.3. The van der Waals surface area contributed by atoms with Crippen molar-refractivity contribution in [3.63, 3.8) is 0 Å². The third-order valence-corrected chi connectivity index (χ3v) is 5.73. The van der Waals surface area contributed by atoms with E-state index in [0.29, 0.717) is 10.7 Å². The van der Waals surface area contributed by atoms with E-state index in [9.17, 15) is 9.59 Å². The van der Waals surface area contributed by atoms with Crippen molar-refractivity contribution >= 4 is 34.0 Å². The molecule has 0 aliphatic carbocycles. The molecule has 0 fully saturated rings. The molecule has 0 saturated carbocycles. The first-order chi connectivity index (χ1) is 13.4. The molecule has 0 radical (unpaired) electrons. The molecule has 0 spiro atoms. The van der Waals surface area contributed by atoms with Gasteiger partial charge in [-0.25, -0.2) is 4.98 Å². The summed E-state index contributed by atoms with van der Waals surface area (Å²) in [5.74, 6) is -0.169. The fourth-order valence-corrected chi connectivity index (χ4v) is 4.47. The second-order valence-corrected chi connectivity index (χ2v) is 8.11. The molecular weight excluding hydrogens is 372 g/mol. The number of amides is 2. The second kappa shape index (κ2) is 7.16. The van der Waals surface area contributed by atoms with E-state index in [-0.39, 0.29) is 17.9 Å². The van der Waals surface area contributed by atoms with Crippen molar-refractivity contribution in [2.24, 2.45) is 0 Å². The topological polar surface area (TPSA) is 75.2 Å². The minimum atomic E-state index is -0.228. The van der Waals surface area contributed by atoms with Gasteiger partial charge in [0.15, 0.2) is 5.13 Å². The number of anilines is 2. The molecule has 0 saturated heterocycles. The van der Waals surface area contributed by atoms with Crippen LogP contribution in [0.2, 0.25) is 0 Å². The maximum absolute atomic E-state index is 12.3. The van der Waals surface area contributed by atoms with Crippen LogP contribution in [0.5, 0.6) is 0 Å². The summed E-state index contributed by atoms with van der Waals surface area (Å²) in [7, 11) is 0. The summed E-state index contributed by atoms with van der Waals surface area (Å²) >= 11 is 1.44. The molecule has 142 valence electrons. The zero-order valence-electron chi connectivity index (χ0n) is 15.9. The van der Waals surface area contributed by atoms with Crippen LogP contribution < -0.4 is 10.2 Å². The number of aromatic nitrogens is 2. The van der Waals surface area contributed by atoms with Crippen molar-refractivity contribution < 1.29 is 9.59 Å². The van der Waals surface area contributed by atoms with Gasteiger partial charge in [0.2, 0.25) is 5.91 Å². The van der Waals surface area contributed by atoms with Crippen LogP contribution in [-0.2, 0) is 11.2 Å². The highest BCUT2D eigenvalue weighted by atomic mass is 32.1. The number of pyridine rings is 1. The molecule has 0 bridgehead atoms. The number of hydrogen-bond acceptors (Lipinski definition) is 5. The van der Waals surface area contributed by atoms with Gasteiger partial charge in [0.05, 0.1) is 11.3 Å². The Morgan fingerprint density at radius 1 is 1.29 bits per heavy atom. The van der Waals surface area contributed by atoms with Gasteiger partial charge in [0.25, 0.3) is 5.91 Å². The molecule has 1 aliphatic rings. The van der Waals surface area contributed by atoms with Crippen molar-refractivity contribution in [1.29, 1.82) is 0 Å². The van der Waals surface area contributed by atoms with Gasteiger partial charge >= 0.3 is 0 Å². The fraction of sp³-hybridized carbons (Fsp3) is 0.238. The van der Waals surface area contributed by atoms with E-state index >= 15 is 0 Å². The number of aryl methyl sites for hydroxylation is 1. The van der Waals surface area contributed by atoms with Gasteiger partial charge < -0.3 is 4.90 Å². The Morgan fingerprint density at radius 3 is 2.82 bits per heavy atom. The fourth-order valence-electron chi connectivity index (χ4n) is 3.64. The Labute approximate surface area is 167 Å². The first kappa shape index (κ1) is 18.3. The Balaban J connectivity index is 1.60. The largest absolute Gasteiger partial charge is 0.309 e. The summed E-state index contributed by atoms with van der Waals surface area (Å²) in [5, 5.41) is 3.40. The lowest BCUT2D eigenvalue weighted by Gasteiger charge is -2.20. The summed E-state index contributed by atoms with van der Waals surface area (Å²) in [5.41, 5.74) is 4.46. The predicted octanol–water partition coefficient (Wildman–Crippen LogP) is 4.06. The Bertz CT molecular complexity index is 1060. The van der Waals surface area contributed by atoms with Crippen LogP contribution in [0.15, 0.2) is 42.7 Å². The van der Waals surface area contributed by atoms with E-state index < -0.39 is 0 Å². The van der Waals surface area contributed by atoms with E-state index in [1.807, 2.05) is 24.0 Å². The number of nitrogens with one attached hydrogen (secondary N) is 1. The smallest absolute Gasteiger partial charge is 0.259 e. The number of rotatable bonds is 3. The van der Waals surface area contributed by atoms with Crippen LogP contribution in [0.1, 0.15) is 34.6 Å². The zero-order valence-corrected chi connectivity index (χ0v) is 16.7. The molecule has 1 aromatic carbocycles. The number of hydrogen-bond donors (Lipinski definition) is 1. The third kappa shape index (κ3) is 3.29. The third-order valence-electron chi connectivity index (χ3n) is 4.85. The molecule has 3 heterocycles. The average Bonchev–Trinajstić information content (AvgIpc) is 3.20. The average molecular weight is 392 g/mol. The summed E-state index contributed by atoms with van der Waals surface area (Å²) in [4.78, 5) is 35.7. The lowest BCUT2D eigenvalue weighted by molar-refractivity contribution is -0.116. The molecule has 6 nitrogen and oxygen atoms in total.